The van der Waals surface area contributed by atoms with Crippen molar-refractivity contribution < 1.29 is 19.4 Å². The summed E-state index contributed by atoms with van der Waals surface area (Å²) in [5.41, 5.74) is 3.07. The first kappa shape index (κ1) is 19.4. The van der Waals surface area contributed by atoms with Gasteiger partial charge in [-0.05, 0) is 48.2 Å². The molecule has 1 saturated carbocycles. The van der Waals surface area contributed by atoms with Gasteiger partial charge >= 0.3 is 0 Å². The first-order valence-corrected chi connectivity index (χ1v) is 10.8. The van der Waals surface area contributed by atoms with E-state index in [9.17, 15) is 9.90 Å². The van der Waals surface area contributed by atoms with Crippen molar-refractivity contribution in [3.05, 3.63) is 47.5 Å². The second-order valence-corrected chi connectivity index (χ2v) is 8.56. The molecular weight excluding hydrogens is 380 g/mol. The van der Waals surface area contributed by atoms with Gasteiger partial charge in [-0.3, -0.25) is 9.69 Å². The highest BCUT2D eigenvalue weighted by atomic mass is 16.7. The number of aromatic hydroxyl groups is 1. The van der Waals surface area contributed by atoms with Crippen molar-refractivity contribution in [1.82, 2.24) is 10.2 Å². The monoisotopic (exact) mass is 408 g/mol. The number of likely N-dealkylation sites (tertiary alicyclic amines) is 1. The van der Waals surface area contributed by atoms with E-state index in [0.717, 1.165) is 54.4 Å². The standard InChI is InChI=1S/C24H28N2O4/c1-25-23(28)20-7-5-17(14-21(20)27)16-6-8-22-18(13-16)15-29-24(30-22)9-11-26(12-10-24)19-3-2-4-19/h5-8,13-14,19,27H,2-4,9-12,15H2,1H3,(H,25,28). The fourth-order valence-corrected chi connectivity index (χ4v) is 4.68. The normalized spacial score (nSPS) is 20.8. The Kier molecular flexibility index (Phi) is 4.91. The minimum absolute atomic E-state index is 0.0331. The average molecular weight is 408 g/mol. The van der Waals surface area contributed by atoms with Crippen molar-refractivity contribution in [1.29, 1.82) is 0 Å². The van der Waals surface area contributed by atoms with Gasteiger partial charge in [0.25, 0.3) is 5.91 Å². The molecule has 6 heteroatoms. The number of phenolic OH excluding ortho intramolecular Hbond substituents is 1. The Bertz CT molecular complexity index is 962. The van der Waals surface area contributed by atoms with Crippen LogP contribution >= 0.6 is 0 Å². The molecule has 0 bridgehead atoms. The molecule has 2 N–H and O–H groups in total. The minimum atomic E-state index is -0.498. The maximum atomic E-state index is 11.8. The van der Waals surface area contributed by atoms with Crippen molar-refractivity contribution >= 4 is 5.91 Å². The van der Waals surface area contributed by atoms with Gasteiger partial charge in [-0.25, -0.2) is 0 Å². The summed E-state index contributed by atoms with van der Waals surface area (Å²) in [6.45, 7) is 2.60. The molecule has 1 spiro atoms. The van der Waals surface area contributed by atoms with Gasteiger partial charge in [0.1, 0.15) is 11.5 Å². The fourth-order valence-electron chi connectivity index (χ4n) is 4.68. The number of piperidine rings is 1. The molecule has 6 nitrogen and oxygen atoms in total. The molecule has 2 fully saturated rings. The summed E-state index contributed by atoms with van der Waals surface area (Å²) < 4.78 is 12.6. The van der Waals surface area contributed by atoms with E-state index in [4.69, 9.17) is 9.47 Å². The average Bonchev–Trinajstić information content (AvgIpc) is 2.73. The number of ether oxygens (including phenoxy) is 2. The number of rotatable bonds is 3. The number of amides is 1. The predicted molar refractivity (Wildman–Crippen MR) is 114 cm³/mol. The zero-order valence-corrected chi connectivity index (χ0v) is 17.3. The van der Waals surface area contributed by atoms with Gasteiger partial charge in [0.05, 0.1) is 12.2 Å². The lowest BCUT2D eigenvalue weighted by atomic mass is 9.89. The Balaban J connectivity index is 1.31. The highest BCUT2D eigenvalue weighted by Crippen LogP contribution is 2.40. The van der Waals surface area contributed by atoms with Gasteiger partial charge in [0.2, 0.25) is 5.79 Å². The second-order valence-electron chi connectivity index (χ2n) is 8.56. The molecule has 0 aromatic heterocycles. The summed E-state index contributed by atoms with van der Waals surface area (Å²) >= 11 is 0. The third-order valence-corrected chi connectivity index (χ3v) is 6.80. The quantitative estimate of drug-likeness (QED) is 0.811. The van der Waals surface area contributed by atoms with Crippen LogP contribution in [0.4, 0.5) is 0 Å². The highest BCUT2D eigenvalue weighted by molar-refractivity contribution is 5.97. The molecule has 1 saturated heterocycles. The topological polar surface area (TPSA) is 71.0 Å². The Morgan fingerprint density at radius 1 is 1.13 bits per heavy atom. The minimum Gasteiger partial charge on any atom is -0.507 e. The summed E-state index contributed by atoms with van der Waals surface area (Å²) in [7, 11) is 1.54. The van der Waals surface area contributed by atoms with Gasteiger partial charge in [-0.15, -0.1) is 0 Å². The smallest absolute Gasteiger partial charge is 0.254 e. The second kappa shape index (κ2) is 7.60. The van der Waals surface area contributed by atoms with Gasteiger partial charge < -0.3 is 19.9 Å². The van der Waals surface area contributed by atoms with Crippen LogP contribution in [0.2, 0.25) is 0 Å². The van der Waals surface area contributed by atoms with E-state index < -0.39 is 5.79 Å². The lowest BCUT2D eigenvalue weighted by Crippen LogP contribution is -2.54. The molecule has 2 aromatic rings. The molecule has 158 valence electrons. The van der Waals surface area contributed by atoms with Crippen LogP contribution < -0.4 is 10.1 Å². The van der Waals surface area contributed by atoms with Crippen molar-refractivity contribution in [2.24, 2.45) is 0 Å². The lowest BCUT2D eigenvalue weighted by Gasteiger charge is -2.47. The maximum Gasteiger partial charge on any atom is 0.254 e. The van der Waals surface area contributed by atoms with Crippen LogP contribution in [0.3, 0.4) is 0 Å². The molecule has 30 heavy (non-hydrogen) atoms. The number of nitrogens with one attached hydrogen (secondary N) is 1. The summed E-state index contributed by atoms with van der Waals surface area (Å²) in [6.07, 6.45) is 5.83. The van der Waals surface area contributed by atoms with E-state index in [2.05, 4.69) is 10.2 Å². The lowest BCUT2D eigenvalue weighted by molar-refractivity contribution is -0.231. The van der Waals surface area contributed by atoms with Crippen molar-refractivity contribution in [2.45, 2.75) is 50.5 Å². The number of fused-ring (bicyclic) bond motifs is 1. The highest BCUT2D eigenvalue weighted by Gasteiger charge is 2.42. The number of carbonyl (C=O) groups excluding carboxylic acids is 1. The number of nitrogens with zero attached hydrogens (tertiary/aromatic N) is 1. The van der Waals surface area contributed by atoms with E-state index in [1.807, 2.05) is 24.3 Å². The number of hydrogen-bond acceptors (Lipinski definition) is 5. The molecule has 2 aliphatic heterocycles. The summed E-state index contributed by atoms with van der Waals surface area (Å²) in [5.74, 6) is 0.0461. The predicted octanol–water partition coefficient (Wildman–Crippen LogP) is 3.67. The summed E-state index contributed by atoms with van der Waals surface area (Å²) in [4.78, 5) is 14.4. The molecule has 0 unspecified atom stereocenters. The van der Waals surface area contributed by atoms with Crippen molar-refractivity contribution in [3.8, 4) is 22.6 Å². The molecule has 1 amide bonds. The first-order valence-electron chi connectivity index (χ1n) is 10.8. The van der Waals surface area contributed by atoms with Gasteiger partial charge in [0, 0.05) is 44.6 Å². The summed E-state index contributed by atoms with van der Waals surface area (Å²) in [6, 6.07) is 11.9. The zero-order valence-electron chi connectivity index (χ0n) is 17.3. The van der Waals surface area contributed by atoms with Crippen molar-refractivity contribution in [2.75, 3.05) is 20.1 Å². The van der Waals surface area contributed by atoms with E-state index in [1.165, 1.54) is 19.3 Å². The summed E-state index contributed by atoms with van der Waals surface area (Å²) in [5, 5.41) is 12.8. The zero-order chi connectivity index (χ0) is 20.7. The Morgan fingerprint density at radius 2 is 1.87 bits per heavy atom. The van der Waals surface area contributed by atoms with E-state index in [0.29, 0.717) is 6.61 Å². The van der Waals surface area contributed by atoms with Crippen LogP contribution in [0.1, 0.15) is 48.0 Å². The number of benzene rings is 2. The van der Waals surface area contributed by atoms with E-state index >= 15 is 0 Å². The third-order valence-electron chi connectivity index (χ3n) is 6.80. The van der Waals surface area contributed by atoms with Crippen LogP contribution in [0.15, 0.2) is 36.4 Å². The third kappa shape index (κ3) is 3.44. The number of carbonyl (C=O) groups is 1. The fraction of sp³-hybridized carbons (Fsp3) is 0.458. The largest absolute Gasteiger partial charge is 0.507 e. The van der Waals surface area contributed by atoms with E-state index in [1.54, 1.807) is 19.2 Å². The SMILES string of the molecule is CNC(=O)c1ccc(-c2ccc3c(c2)COC2(CCN(C4CCC4)CC2)O3)cc1O. The maximum absolute atomic E-state index is 11.8. The van der Waals surface area contributed by atoms with E-state index in [-0.39, 0.29) is 17.2 Å². The number of phenols is 1. The Morgan fingerprint density at radius 3 is 2.53 bits per heavy atom. The van der Waals surface area contributed by atoms with Crippen LogP contribution in [0.25, 0.3) is 11.1 Å². The van der Waals surface area contributed by atoms with Crippen molar-refractivity contribution in [3.63, 3.8) is 0 Å². The molecule has 0 radical (unpaired) electrons. The van der Waals surface area contributed by atoms with Crippen LogP contribution in [0.5, 0.6) is 11.5 Å². The molecular formula is C24H28N2O4. The molecule has 2 aromatic carbocycles. The van der Waals surface area contributed by atoms with Crippen LogP contribution in [-0.2, 0) is 11.3 Å². The molecule has 2 heterocycles. The van der Waals surface area contributed by atoms with Gasteiger partial charge in [-0.2, -0.15) is 0 Å². The first-order chi connectivity index (χ1) is 14.6. The van der Waals surface area contributed by atoms with Crippen LogP contribution in [0, 0.1) is 0 Å². The molecule has 5 rings (SSSR count). The Hall–Kier alpha value is -2.57. The molecule has 1 aliphatic carbocycles. The molecule has 0 atom stereocenters. The van der Waals surface area contributed by atoms with Crippen LogP contribution in [-0.4, -0.2) is 47.9 Å². The van der Waals surface area contributed by atoms with Gasteiger partial charge in [0.15, 0.2) is 0 Å². The Labute approximate surface area is 176 Å². The van der Waals surface area contributed by atoms with Gasteiger partial charge in [-0.1, -0.05) is 18.6 Å². The number of hydrogen-bond donors (Lipinski definition) is 2. The molecule has 3 aliphatic rings.